The molecule has 5 aliphatic carbocycles. The van der Waals surface area contributed by atoms with Crippen LogP contribution in [0.25, 0.3) is 0 Å². The number of nitrogens with one attached hydrogen (secondary N) is 1. The van der Waals surface area contributed by atoms with Crippen molar-refractivity contribution in [3.05, 3.63) is 16.0 Å². The van der Waals surface area contributed by atoms with Crippen molar-refractivity contribution in [2.75, 3.05) is 11.9 Å². The number of nitriles is 1. The topological polar surface area (TPSA) is 79.2 Å². The number of amides is 1. The molecule has 160 valence electrons. The Hall–Kier alpha value is -1.39. The van der Waals surface area contributed by atoms with Crippen LogP contribution < -0.4 is 5.32 Å². The van der Waals surface area contributed by atoms with E-state index in [1.54, 1.807) is 0 Å². The number of ether oxygens (including phenoxy) is 1. The minimum atomic E-state index is -0.360. The number of anilines is 1. The predicted molar refractivity (Wildman–Crippen MR) is 119 cm³/mol. The van der Waals surface area contributed by atoms with Gasteiger partial charge >= 0.3 is 5.97 Å². The lowest BCUT2D eigenvalue weighted by Crippen LogP contribution is -2.53. The molecule has 4 bridgehead atoms. The molecule has 0 aliphatic heterocycles. The lowest BCUT2D eigenvalue weighted by Gasteiger charge is -2.60. The number of alkyl halides is 1. The second-order valence-electron chi connectivity index (χ2n) is 10.0. The molecule has 1 amide bonds. The Morgan fingerprint density at radius 3 is 2.63 bits per heavy atom. The third-order valence-electron chi connectivity index (χ3n) is 7.53. The van der Waals surface area contributed by atoms with Crippen molar-refractivity contribution < 1.29 is 14.3 Å². The zero-order valence-electron chi connectivity index (χ0n) is 17.1. The van der Waals surface area contributed by atoms with Crippen LogP contribution in [0.5, 0.6) is 0 Å². The second-order valence-corrected chi connectivity index (χ2v) is 12.8. The number of rotatable bonds is 5. The molecule has 0 radical (unpaired) electrons. The van der Waals surface area contributed by atoms with E-state index in [0.29, 0.717) is 17.0 Å². The highest BCUT2D eigenvalue weighted by molar-refractivity contribution is 9.10. The number of nitrogens with zero attached hydrogens (tertiary/aromatic N) is 1. The van der Waals surface area contributed by atoms with Crippen molar-refractivity contribution >= 4 is 44.1 Å². The quantitative estimate of drug-likeness (QED) is 0.459. The van der Waals surface area contributed by atoms with E-state index >= 15 is 0 Å². The zero-order valence-corrected chi connectivity index (χ0v) is 19.5. The van der Waals surface area contributed by atoms with Crippen LogP contribution in [0.2, 0.25) is 0 Å². The molecule has 1 aromatic heterocycles. The Morgan fingerprint density at radius 2 is 1.93 bits per heavy atom. The molecule has 6 rings (SSSR count). The SMILES string of the molecule is N#Cc1c(NC(=O)COC(=O)CC23CC4CC(CC(Br)(C4)C2)C3)sc2c1CCCC2. The van der Waals surface area contributed by atoms with Crippen molar-refractivity contribution in [2.45, 2.75) is 75.0 Å². The van der Waals surface area contributed by atoms with Gasteiger partial charge in [-0.25, -0.2) is 0 Å². The van der Waals surface area contributed by atoms with E-state index < -0.39 is 0 Å². The van der Waals surface area contributed by atoms with Crippen molar-refractivity contribution in [3.8, 4) is 6.07 Å². The summed E-state index contributed by atoms with van der Waals surface area (Å²) in [6.45, 7) is -0.283. The third kappa shape index (κ3) is 3.82. The first-order valence-corrected chi connectivity index (χ1v) is 12.7. The average molecular weight is 491 g/mol. The van der Waals surface area contributed by atoms with Crippen LogP contribution in [0.1, 0.15) is 73.8 Å². The summed E-state index contributed by atoms with van der Waals surface area (Å²) in [5.41, 5.74) is 1.72. The van der Waals surface area contributed by atoms with Gasteiger partial charge in [0.05, 0.1) is 12.0 Å². The molecule has 0 saturated heterocycles. The van der Waals surface area contributed by atoms with Gasteiger partial charge in [-0.15, -0.1) is 11.3 Å². The molecule has 1 N–H and O–H groups in total. The van der Waals surface area contributed by atoms with Crippen molar-refractivity contribution in [2.24, 2.45) is 17.3 Å². The van der Waals surface area contributed by atoms with E-state index in [4.69, 9.17) is 4.74 Å². The highest BCUT2D eigenvalue weighted by Gasteiger charge is 2.57. The summed E-state index contributed by atoms with van der Waals surface area (Å²) >= 11 is 5.47. The predicted octanol–water partition coefficient (Wildman–Crippen LogP) is 5.10. The van der Waals surface area contributed by atoms with Gasteiger partial charge in [0.1, 0.15) is 11.1 Å². The van der Waals surface area contributed by atoms with E-state index in [1.807, 2.05) is 0 Å². The van der Waals surface area contributed by atoms with E-state index in [1.165, 1.54) is 35.5 Å². The largest absolute Gasteiger partial charge is 0.456 e. The van der Waals surface area contributed by atoms with Crippen molar-refractivity contribution in [1.82, 2.24) is 0 Å². The summed E-state index contributed by atoms with van der Waals surface area (Å²) in [6.07, 6.45) is 11.5. The summed E-state index contributed by atoms with van der Waals surface area (Å²) in [5, 5.41) is 12.9. The summed E-state index contributed by atoms with van der Waals surface area (Å²) in [7, 11) is 0. The molecule has 30 heavy (non-hydrogen) atoms. The van der Waals surface area contributed by atoms with Crippen LogP contribution in [0.3, 0.4) is 0 Å². The van der Waals surface area contributed by atoms with E-state index in [2.05, 4.69) is 27.3 Å². The molecule has 4 fully saturated rings. The summed E-state index contributed by atoms with van der Waals surface area (Å²) in [6, 6.07) is 2.25. The number of esters is 1. The molecule has 1 heterocycles. The Bertz CT molecular complexity index is 920. The smallest absolute Gasteiger partial charge is 0.306 e. The van der Waals surface area contributed by atoms with Gasteiger partial charge in [0.15, 0.2) is 6.61 Å². The van der Waals surface area contributed by atoms with Crippen molar-refractivity contribution in [3.63, 3.8) is 0 Å². The van der Waals surface area contributed by atoms with E-state index in [9.17, 15) is 14.9 Å². The first kappa shape index (κ1) is 20.5. The standard InChI is InChI=1S/C23H27BrN2O3S/c24-23-8-14-5-15(9-23)7-22(6-14,13-23)10-20(28)29-12-19(27)26-21-17(11-25)16-3-1-2-4-18(16)30-21/h14-15H,1-10,12-13H2,(H,26,27). The van der Waals surface area contributed by atoms with Gasteiger partial charge < -0.3 is 10.1 Å². The van der Waals surface area contributed by atoms with Gasteiger partial charge in [-0.05, 0) is 87.0 Å². The van der Waals surface area contributed by atoms with Crippen LogP contribution >= 0.6 is 27.3 Å². The maximum Gasteiger partial charge on any atom is 0.306 e. The molecule has 5 nitrogen and oxygen atoms in total. The number of carbonyl (C=O) groups excluding carboxylic acids is 2. The Labute approximate surface area is 189 Å². The summed E-state index contributed by atoms with van der Waals surface area (Å²) < 4.78 is 5.59. The molecular weight excluding hydrogens is 464 g/mol. The lowest BCUT2D eigenvalue weighted by atomic mass is 9.49. The molecule has 5 aliphatic rings. The molecule has 7 heteroatoms. The van der Waals surface area contributed by atoms with Crippen molar-refractivity contribution in [1.29, 1.82) is 5.26 Å². The Morgan fingerprint density at radius 1 is 1.20 bits per heavy atom. The Balaban J connectivity index is 1.17. The van der Waals surface area contributed by atoms with Gasteiger partial charge in [0, 0.05) is 9.20 Å². The molecule has 4 saturated carbocycles. The van der Waals surface area contributed by atoms with Gasteiger partial charge in [0.2, 0.25) is 0 Å². The lowest BCUT2D eigenvalue weighted by molar-refractivity contribution is -0.153. The monoisotopic (exact) mass is 490 g/mol. The van der Waals surface area contributed by atoms with Crippen LogP contribution in [-0.2, 0) is 27.2 Å². The molecular formula is C23H27BrN2O3S. The van der Waals surface area contributed by atoms with E-state index in [-0.39, 0.29) is 28.2 Å². The van der Waals surface area contributed by atoms with Gasteiger partial charge in [-0.1, -0.05) is 15.9 Å². The third-order valence-corrected chi connectivity index (χ3v) is 9.67. The van der Waals surface area contributed by atoms with Crippen LogP contribution in [0, 0.1) is 28.6 Å². The highest BCUT2D eigenvalue weighted by Crippen LogP contribution is 2.65. The second kappa shape index (κ2) is 7.63. The zero-order chi connectivity index (χ0) is 20.9. The number of hydrogen-bond acceptors (Lipinski definition) is 5. The fourth-order valence-electron chi connectivity index (χ4n) is 6.98. The minimum absolute atomic E-state index is 0.0436. The van der Waals surface area contributed by atoms with Crippen LogP contribution in [-0.4, -0.2) is 22.8 Å². The van der Waals surface area contributed by atoms with Crippen LogP contribution in [0.15, 0.2) is 0 Å². The number of hydrogen-bond donors (Lipinski definition) is 1. The van der Waals surface area contributed by atoms with Gasteiger partial charge in [0.25, 0.3) is 5.91 Å². The number of thiophene rings is 1. The summed E-state index contributed by atoms with van der Waals surface area (Å²) in [4.78, 5) is 26.2. The molecule has 0 spiro atoms. The number of halogens is 1. The molecule has 0 aromatic carbocycles. The maximum atomic E-state index is 12.6. The molecule has 2 unspecified atom stereocenters. The molecule has 2 atom stereocenters. The van der Waals surface area contributed by atoms with Gasteiger partial charge in [-0.3, -0.25) is 9.59 Å². The first-order valence-electron chi connectivity index (χ1n) is 11.1. The average Bonchev–Trinajstić information content (AvgIpc) is 3.00. The Kier molecular flexibility index (Phi) is 5.22. The maximum absolute atomic E-state index is 12.6. The highest BCUT2D eigenvalue weighted by atomic mass is 79.9. The fourth-order valence-corrected chi connectivity index (χ4v) is 9.75. The first-order chi connectivity index (χ1) is 14.4. The van der Waals surface area contributed by atoms with Gasteiger partial charge in [-0.2, -0.15) is 5.26 Å². The minimum Gasteiger partial charge on any atom is -0.456 e. The summed E-state index contributed by atoms with van der Waals surface area (Å²) in [5.74, 6) is 0.807. The van der Waals surface area contributed by atoms with E-state index in [0.717, 1.165) is 62.3 Å². The van der Waals surface area contributed by atoms with Crippen LogP contribution in [0.4, 0.5) is 5.00 Å². The molecule has 1 aromatic rings. The number of aryl methyl sites for hydroxylation is 1. The fraction of sp³-hybridized carbons (Fsp3) is 0.696. The number of fused-ring (bicyclic) bond motifs is 1. The normalized spacial score (nSPS) is 33.6. The number of carbonyl (C=O) groups is 2.